The summed E-state index contributed by atoms with van der Waals surface area (Å²) in [7, 11) is 3.53. The third kappa shape index (κ3) is 3.64. The van der Waals surface area contributed by atoms with Crippen LogP contribution in [0.2, 0.25) is 0 Å². The maximum atomic E-state index is 11.6. The van der Waals surface area contributed by atoms with Crippen molar-refractivity contribution in [1.82, 2.24) is 9.88 Å². The molecule has 0 bridgehead atoms. The first-order chi connectivity index (χ1) is 9.20. The third-order valence-electron chi connectivity index (χ3n) is 3.59. The lowest BCUT2D eigenvalue weighted by Gasteiger charge is -2.30. The van der Waals surface area contributed by atoms with Crippen molar-refractivity contribution in [3.8, 4) is 0 Å². The zero-order chi connectivity index (χ0) is 13.7. The summed E-state index contributed by atoms with van der Waals surface area (Å²) >= 11 is 0. The van der Waals surface area contributed by atoms with Crippen LogP contribution >= 0.6 is 0 Å². The Morgan fingerprint density at radius 3 is 2.74 bits per heavy atom. The van der Waals surface area contributed by atoms with Crippen LogP contribution in [-0.2, 0) is 9.53 Å². The molecule has 0 atom stereocenters. The van der Waals surface area contributed by atoms with Crippen molar-refractivity contribution in [2.75, 3.05) is 27.2 Å². The van der Waals surface area contributed by atoms with E-state index >= 15 is 0 Å². The number of carbonyl (C=O) groups is 1. The van der Waals surface area contributed by atoms with Gasteiger partial charge in [-0.2, -0.15) is 0 Å². The Morgan fingerprint density at radius 1 is 1.42 bits per heavy atom. The SMILES string of the molecule is COC(=O)/C=C(\c1ccccn1)C1CCN(C)CC1. The minimum Gasteiger partial charge on any atom is -0.466 e. The van der Waals surface area contributed by atoms with Crippen molar-refractivity contribution in [2.45, 2.75) is 12.8 Å². The molecule has 102 valence electrons. The molecule has 1 saturated heterocycles. The number of hydrogen-bond donors (Lipinski definition) is 0. The summed E-state index contributed by atoms with van der Waals surface area (Å²) in [5.74, 6) is 0.0739. The van der Waals surface area contributed by atoms with Gasteiger partial charge in [-0.15, -0.1) is 0 Å². The number of aromatic nitrogens is 1. The highest BCUT2D eigenvalue weighted by atomic mass is 16.5. The number of hydrogen-bond acceptors (Lipinski definition) is 4. The lowest BCUT2D eigenvalue weighted by atomic mass is 9.87. The van der Waals surface area contributed by atoms with E-state index in [1.165, 1.54) is 7.11 Å². The van der Waals surface area contributed by atoms with E-state index in [1.54, 1.807) is 12.3 Å². The van der Waals surface area contributed by atoms with Gasteiger partial charge >= 0.3 is 5.97 Å². The van der Waals surface area contributed by atoms with Crippen molar-refractivity contribution in [3.05, 3.63) is 36.2 Å². The van der Waals surface area contributed by atoms with E-state index in [1.807, 2.05) is 18.2 Å². The van der Waals surface area contributed by atoms with E-state index in [2.05, 4.69) is 16.9 Å². The van der Waals surface area contributed by atoms with Gasteiger partial charge in [0.15, 0.2) is 0 Å². The summed E-state index contributed by atoms with van der Waals surface area (Å²) in [6, 6.07) is 5.78. The fourth-order valence-corrected chi connectivity index (χ4v) is 2.44. The van der Waals surface area contributed by atoms with E-state index in [0.29, 0.717) is 5.92 Å². The highest BCUT2D eigenvalue weighted by Gasteiger charge is 2.23. The first-order valence-corrected chi connectivity index (χ1v) is 6.60. The molecule has 0 unspecified atom stereocenters. The van der Waals surface area contributed by atoms with Crippen LogP contribution in [0.3, 0.4) is 0 Å². The molecule has 2 heterocycles. The maximum Gasteiger partial charge on any atom is 0.330 e. The van der Waals surface area contributed by atoms with E-state index in [4.69, 9.17) is 4.74 Å². The van der Waals surface area contributed by atoms with Crippen molar-refractivity contribution in [1.29, 1.82) is 0 Å². The predicted molar refractivity (Wildman–Crippen MR) is 74.5 cm³/mol. The third-order valence-corrected chi connectivity index (χ3v) is 3.59. The number of rotatable bonds is 3. The van der Waals surface area contributed by atoms with Gasteiger partial charge in [-0.3, -0.25) is 4.98 Å². The molecule has 1 aliphatic rings. The second-order valence-electron chi connectivity index (χ2n) is 4.92. The average molecular weight is 260 g/mol. The molecule has 2 rings (SSSR count). The molecular weight excluding hydrogens is 240 g/mol. The standard InChI is InChI=1S/C15H20N2O2/c1-17-9-6-12(7-10-17)13(11-15(18)19-2)14-5-3-4-8-16-14/h3-5,8,11-12H,6-7,9-10H2,1-2H3/b13-11-. The molecule has 0 N–H and O–H groups in total. The molecule has 4 heteroatoms. The number of allylic oxidation sites excluding steroid dienone is 1. The Morgan fingerprint density at radius 2 is 2.16 bits per heavy atom. The van der Waals surface area contributed by atoms with Gasteiger partial charge in [0.1, 0.15) is 0 Å². The Hall–Kier alpha value is -1.68. The Balaban J connectivity index is 2.25. The Kier molecular flexibility index (Phi) is 4.68. The van der Waals surface area contributed by atoms with Gasteiger partial charge in [0.2, 0.25) is 0 Å². The molecule has 19 heavy (non-hydrogen) atoms. The number of nitrogens with zero attached hydrogens (tertiary/aromatic N) is 2. The first-order valence-electron chi connectivity index (χ1n) is 6.60. The molecule has 1 aromatic heterocycles. The molecule has 0 spiro atoms. The summed E-state index contributed by atoms with van der Waals surface area (Å²) < 4.78 is 4.76. The quantitative estimate of drug-likeness (QED) is 0.615. The average Bonchev–Trinajstić information content (AvgIpc) is 2.46. The summed E-state index contributed by atoms with van der Waals surface area (Å²) in [6.45, 7) is 2.10. The van der Waals surface area contributed by atoms with Crippen LogP contribution in [0.15, 0.2) is 30.5 Å². The minimum absolute atomic E-state index is 0.306. The van der Waals surface area contributed by atoms with Crippen LogP contribution in [0.4, 0.5) is 0 Å². The van der Waals surface area contributed by atoms with Crippen LogP contribution in [0.1, 0.15) is 18.5 Å². The van der Waals surface area contributed by atoms with Crippen molar-refractivity contribution in [2.24, 2.45) is 5.92 Å². The molecule has 0 aliphatic carbocycles. The smallest absolute Gasteiger partial charge is 0.330 e. The zero-order valence-corrected chi connectivity index (χ0v) is 11.5. The molecular formula is C15H20N2O2. The van der Waals surface area contributed by atoms with Gasteiger partial charge < -0.3 is 9.64 Å². The molecule has 4 nitrogen and oxygen atoms in total. The van der Waals surface area contributed by atoms with Crippen LogP contribution in [0.25, 0.3) is 5.57 Å². The normalized spacial score (nSPS) is 18.3. The van der Waals surface area contributed by atoms with Gasteiger partial charge in [-0.05, 0) is 56.6 Å². The molecule has 1 fully saturated rings. The molecule has 0 amide bonds. The fourth-order valence-electron chi connectivity index (χ4n) is 2.44. The van der Waals surface area contributed by atoms with Crippen molar-refractivity contribution < 1.29 is 9.53 Å². The van der Waals surface area contributed by atoms with Crippen LogP contribution < -0.4 is 0 Å². The van der Waals surface area contributed by atoms with Crippen LogP contribution in [-0.4, -0.2) is 43.1 Å². The van der Waals surface area contributed by atoms with Gasteiger partial charge in [-0.25, -0.2) is 4.79 Å². The first kappa shape index (κ1) is 13.7. The van der Waals surface area contributed by atoms with Crippen LogP contribution in [0, 0.1) is 5.92 Å². The van der Waals surface area contributed by atoms with Gasteiger partial charge in [0, 0.05) is 12.3 Å². The predicted octanol–water partition coefficient (Wildman–Crippen LogP) is 1.98. The van der Waals surface area contributed by atoms with Crippen LogP contribution in [0.5, 0.6) is 0 Å². The number of likely N-dealkylation sites (tertiary alicyclic amines) is 1. The monoisotopic (exact) mass is 260 g/mol. The van der Waals surface area contributed by atoms with Gasteiger partial charge in [0.05, 0.1) is 12.8 Å². The van der Waals surface area contributed by atoms with Crippen molar-refractivity contribution in [3.63, 3.8) is 0 Å². The minimum atomic E-state index is -0.306. The Labute approximate surface area is 114 Å². The summed E-state index contributed by atoms with van der Waals surface area (Å²) in [4.78, 5) is 18.2. The molecule has 0 aromatic carbocycles. The van der Waals surface area contributed by atoms with Gasteiger partial charge in [0.25, 0.3) is 0 Å². The number of esters is 1. The second kappa shape index (κ2) is 6.48. The van der Waals surface area contributed by atoms with E-state index in [-0.39, 0.29) is 5.97 Å². The van der Waals surface area contributed by atoms with E-state index in [0.717, 1.165) is 37.2 Å². The lowest BCUT2D eigenvalue weighted by molar-refractivity contribution is -0.134. The zero-order valence-electron chi connectivity index (χ0n) is 11.5. The lowest BCUT2D eigenvalue weighted by Crippen LogP contribution is -2.30. The molecule has 0 saturated carbocycles. The molecule has 1 aliphatic heterocycles. The van der Waals surface area contributed by atoms with E-state index in [9.17, 15) is 4.79 Å². The van der Waals surface area contributed by atoms with Crippen molar-refractivity contribution >= 4 is 11.5 Å². The number of pyridine rings is 1. The second-order valence-corrected chi connectivity index (χ2v) is 4.92. The molecule has 0 radical (unpaired) electrons. The summed E-state index contributed by atoms with van der Waals surface area (Å²) in [5.41, 5.74) is 1.88. The summed E-state index contributed by atoms with van der Waals surface area (Å²) in [5, 5.41) is 0. The topological polar surface area (TPSA) is 42.4 Å². The number of piperidine rings is 1. The van der Waals surface area contributed by atoms with Gasteiger partial charge in [-0.1, -0.05) is 6.07 Å². The summed E-state index contributed by atoms with van der Waals surface area (Å²) in [6.07, 6.45) is 5.46. The number of methoxy groups -OCH3 is 1. The largest absolute Gasteiger partial charge is 0.466 e. The number of ether oxygens (including phenoxy) is 1. The highest BCUT2D eigenvalue weighted by Crippen LogP contribution is 2.30. The molecule has 1 aromatic rings. The number of carbonyl (C=O) groups excluding carboxylic acids is 1. The highest BCUT2D eigenvalue weighted by molar-refractivity contribution is 5.91. The fraction of sp³-hybridized carbons (Fsp3) is 0.467. The van der Waals surface area contributed by atoms with E-state index < -0.39 is 0 Å². The Bertz CT molecular complexity index is 448. The maximum absolute atomic E-state index is 11.6.